The second kappa shape index (κ2) is 7.92. The second-order valence-corrected chi connectivity index (χ2v) is 10.6. The van der Waals surface area contributed by atoms with Gasteiger partial charge in [0.1, 0.15) is 0 Å². The third-order valence-corrected chi connectivity index (χ3v) is 7.42. The van der Waals surface area contributed by atoms with Gasteiger partial charge in [0.2, 0.25) is 10.0 Å². The van der Waals surface area contributed by atoms with E-state index in [1.165, 1.54) is 0 Å². The summed E-state index contributed by atoms with van der Waals surface area (Å²) in [6.45, 7) is 8.41. The van der Waals surface area contributed by atoms with Gasteiger partial charge in [0.25, 0.3) is 5.91 Å². The summed E-state index contributed by atoms with van der Waals surface area (Å²) in [5.41, 5.74) is 3.08. The highest BCUT2D eigenvalue weighted by molar-refractivity contribution is 7.89. The molecule has 0 atom stereocenters. The zero-order valence-corrected chi connectivity index (χ0v) is 18.6. The Balaban J connectivity index is 1.94. The lowest BCUT2D eigenvalue weighted by Crippen LogP contribution is -2.33. The van der Waals surface area contributed by atoms with Crippen LogP contribution < -0.4 is 5.32 Å². The Morgan fingerprint density at radius 2 is 1.72 bits per heavy atom. The van der Waals surface area contributed by atoms with Gasteiger partial charge in [-0.2, -0.15) is 4.31 Å². The third kappa shape index (κ3) is 4.70. The van der Waals surface area contributed by atoms with Crippen LogP contribution in [0.1, 0.15) is 60.7 Å². The van der Waals surface area contributed by atoms with Crippen molar-refractivity contribution >= 4 is 15.9 Å². The van der Waals surface area contributed by atoms with E-state index in [4.69, 9.17) is 0 Å². The molecule has 156 valence electrons. The molecule has 1 fully saturated rings. The zero-order valence-electron chi connectivity index (χ0n) is 17.8. The maximum Gasteiger partial charge on any atom is 0.251 e. The lowest BCUT2D eigenvalue weighted by molar-refractivity contribution is 0.0963. The van der Waals surface area contributed by atoms with Crippen LogP contribution in [-0.2, 0) is 22.0 Å². The molecule has 0 heterocycles. The minimum absolute atomic E-state index is 0.0382. The average Bonchev–Trinajstić information content (AvgIpc) is 3.50. The summed E-state index contributed by atoms with van der Waals surface area (Å²) in [6.07, 6.45) is 1.77. The van der Waals surface area contributed by atoms with Crippen LogP contribution >= 0.6 is 0 Å². The summed E-state index contributed by atoms with van der Waals surface area (Å²) < 4.78 is 28.8. The monoisotopic (exact) mass is 414 g/mol. The number of hydrogen-bond donors (Lipinski definition) is 1. The molecule has 0 aliphatic heterocycles. The molecule has 6 heteroatoms. The fourth-order valence-electron chi connectivity index (χ4n) is 3.33. The first-order chi connectivity index (χ1) is 13.5. The van der Waals surface area contributed by atoms with E-state index in [1.807, 2.05) is 37.3 Å². The molecule has 0 radical (unpaired) electrons. The number of sulfonamides is 1. The highest BCUT2D eigenvalue weighted by Crippen LogP contribution is 2.36. The van der Waals surface area contributed by atoms with E-state index in [2.05, 4.69) is 26.1 Å². The lowest BCUT2D eigenvalue weighted by Gasteiger charge is -2.25. The molecular formula is C23H30N2O3S. The molecule has 0 unspecified atom stereocenters. The Morgan fingerprint density at radius 3 is 2.24 bits per heavy atom. The number of nitrogens with zero attached hydrogens (tertiary/aromatic N) is 1. The van der Waals surface area contributed by atoms with E-state index in [-0.39, 0.29) is 17.4 Å². The fraction of sp³-hybridized carbons (Fsp3) is 0.435. The van der Waals surface area contributed by atoms with Crippen molar-refractivity contribution in [2.45, 2.75) is 63.4 Å². The molecule has 1 N–H and O–H groups in total. The Bertz CT molecular complexity index is 1000. The number of amides is 1. The molecule has 1 aliphatic carbocycles. The first-order valence-corrected chi connectivity index (χ1v) is 11.4. The van der Waals surface area contributed by atoms with Crippen molar-refractivity contribution in [2.24, 2.45) is 0 Å². The van der Waals surface area contributed by atoms with E-state index in [0.29, 0.717) is 17.0 Å². The number of hydrogen-bond acceptors (Lipinski definition) is 3. The molecule has 1 aliphatic rings. The molecular weight excluding hydrogens is 384 g/mol. The van der Waals surface area contributed by atoms with Crippen LogP contribution in [0.25, 0.3) is 0 Å². The topological polar surface area (TPSA) is 66.5 Å². The van der Waals surface area contributed by atoms with E-state index >= 15 is 0 Å². The highest BCUT2D eigenvalue weighted by Gasteiger charge is 2.39. The molecule has 2 aromatic rings. The smallest absolute Gasteiger partial charge is 0.251 e. The van der Waals surface area contributed by atoms with Crippen molar-refractivity contribution in [1.29, 1.82) is 0 Å². The maximum absolute atomic E-state index is 13.6. The summed E-state index contributed by atoms with van der Waals surface area (Å²) in [7, 11) is -2.04. The van der Waals surface area contributed by atoms with E-state index in [1.54, 1.807) is 23.5 Å². The van der Waals surface area contributed by atoms with E-state index in [0.717, 1.165) is 29.5 Å². The van der Waals surface area contributed by atoms with Crippen LogP contribution in [0.3, 0.4) is 0 Å². The highest BCUT2D eigenvalue weighted by atomic mass is 32.2. The van der Waals surface area contributed by atoms with Gasteiger partial charge in [-0.25, -0.2) is 8.42 Å². The second-order valence-electron chi connectivity index (χ2n) is 8.79. The molecule has 29 heavy (non-hydrogen) atoms. The molecule has 2 aromatic carbocycles. The maximum atomic E-state index is 13.6. The van der Waals surface area contributed by atoms with Gasteiger partial charge in [0.05, 0.1) is 4.90 Å². The normalized spacial score (nSPS) is 14.8. The van der Waals surface area contributed by atoms with Crippen molar-refractivity contribution in [3.63, 3.8) is 0 Å². The molecule has 3 rings (SSSR count). The summed E-state index contributed by atoms with van der Waals surface area (Å²) in [6, 6.07) is 12.9. The van der Waals surface area contributed by atoms with Crippen molar-refractivity contribution in [3.05, 3.63) is 64.7 Å². The molecule has 1 amide bonds. The van der Waals surface area contributed by atoms with Crippen LogP contribution in [0.4, 0.5) is 0 Å². The predicted molar refractivity (Wildman–Crippen MR) is 115 cm³/mol. The summed E-state index contributed by atoms with van der Waals surface area (Å²) >= 11 is 0. The minimum atomic E-state index is -3.63. The minimum Gasteiger partial charge on any atom is -0.355 e. The fourth-order valence-corrected chi connectivity index (χ4v) is 5.26. The lowest BCUT2D eigenvalue weighted by atomic mass is 9.87. The molecule has 5 nitrogen and oxygen atoms in total. The molecule has 0 bridgehead atoms. The van der Waals surface area contributed by atoms with Crippen LogP contribution in [0.5, 0.6) is 0 Å². The van der Waals surface area contributed by atoms with Crippen LogP contribution in [0, 0.1) is 6.92 Å². The Labute approximate surface area is 174 Å². The molecule has 1 saturated carbocycles. The zero-order chi connectivity index (χ0) is 21.4. The van der Waals surface area contributed by atoms with Crippen molar-refractivity contribution in [3.8, 4) is 0 Å². The SMILES string of the molecule is CNC(=O)c1ccc(CN(C2CC2)S(=O)(=O)c2cc(C(C)(C)C)ccc2C)cc1. The first kappa shape index (κ1) is 21.5. The third-order valence-electron chi connectivity index (χ3n) is 5.38. The number of carbonyl (C=O) groups is 1. The number of rotatable bonds is 6. The molecule has 0 saturated heterocycles. The Morgan fingerprint density at radius 1 is 1.10 bits per heavy atom. The van der Waals surface area contributed by atoms with Gasteiger partial charge < -0.3 is 5.32 Å². The predicted octanol–water partition coefficient (Wildman–Crippen LogP) is 4.01. The Hall–Kier alpha value is -2.18. The number of benzene rings is 2. The Kier molecular flexibility index (Phi) is 5.88. The van der Waals surface area contributed by atoms with Gasteiger partial charge in [0.15, 0.2) is 0 Å². The van der Waals surface area contributed by atoms with Crippen molar-refractivity contribution in [1.82, 2.24) is 9.62 Å². The van der Waals surface area contributed by atoms with Gasteiger partial charge in [-0.1, -0.05) is 45.0 Å². The largest absolute Gasteiger partial charge is 0.355 e. The number of carbonyl (C=O) groups excluding carboxylic acids is 1. The molecule has 0 spiro atoms. The number of aryl methyl sites for hydroxylation is 1. The summed E-state index contributed by atoms with van der Waals surface area (Å²) in [5, 5.41) is 2.59. The van der Waals surface area contributed by atoms with Gasteiger partial charge in [-0.05, 0) is 60.1 Å². The van der Waals surface area contributed by atoms with Crippen LogP contribution in [0.2, 0.25) is 0 Å². The molecule has 0 aromatic heterocycles. The first-order valence-electron chi connectivity index (χ1n) is 9.98. The van der Waals surface area contributed by atoms with Gasteiger partial charge in [-0.15, -0.1) is 0 Å². The quantitative estimate of drug-likeness (QED) is 0.777. The van der Waals surface area contributed by atoms with Crippen molar-refractivity contribution < 1.29 is 13.2 Å². The van der Waals surface area contributed by atoms with E-state index in [9.17, 15) is 13.2 Å². The van der Waals surface area contributed by atoms with Crippen LogP contribution in [-0.4, -0.2) is 31.7 Å². The van der Waals surface area contributed by atoms with Gasteiger partial charge >= 0.3 is 0 Å². The summed E-state index contributed by atoms with van der Waals surface area (Å²) in [5.74, 6) is -0.155. The van der Waals surface area contributed by atoms with Gasteiger partial charge in [0, 0.05) is 25.2 Å². The average molecular weight is 415 g/mol. The van der Waals surface area contributed by atoms with Crippen LogP contribution in [0.15, 0.2) is 47.4 Å². The standard InChI is InChI=1S/C23H30N2O3S/c1-16-6-11-19(23(2,3)4)14-21(16)29(27,28)25(20-12-13-20)15-17-7-9-18(10-8-17)22(26)24-5/h6-11,14,20H,12-13,15H2,1-5H3,(H,24,26). The van der Waals surface area contributed by atoms with E-state index < -0.39 is 10.0 Å². The number of nitrogens with one attached hydrogen (secondary N) is 1. The summed E-state index contributed by atoms with van der Waals surface area (Å²) in [4.78, 5) is 12.1. The van der Waals surface area contributed by atoms with Gasteiger partial charge in [-0.3, -0.25) is 4.79 Å². The van der Waals surface area contributed by atoms with Crippen molar-refractivity contribution in [2.75, 3.05) is 7.05 Å².